The quantitative estimate of drug-likeness (QED) is 0.887. The van der Waals surface area contributed by atoms with E-state index in [4.69, 9.17) is 4.74 Å². The van der Waals surface area contributed by atoms with Gasteiger partial charge in [-0.1, -0.05) is 40.2 Å². The van der Waals surface area contributed by atoms with Crippen molar-refractivity contribution in [2.45, 2.75) is 32.3 Å². The van der Waals surface area contributed by atoms with Crippen molar-refractivity contribution in [1.29, 1.82) is 0 Å². The van der Waals surface area contributed by atoms with Crippen LogP contribution in [0.3, 0.4) is 0 Å². The van der Waals surface area contributed by atoms with E-state index < -0.39 is 6.10 Å². The number of aliphatic hydroxyl groups excluding tert-OH is 1. The van der Waals surface area contributed by atoms with E-state index in [1.165, 1.54) is 24.0 Å². The zero-order valence-electron chi connectivity index (χ0n) is 12.1. The maximum atomic E-state index is 10.7. The minimum atomic E-state index is -0.610. The monoisotopic (exact) mass is 346 g/mol. The van der Waals surface area contributed by atoms with E-state index in [2.05, 4.69) is 28.1 Å². The smallest absolute Gasteiger partial charge is 0.120 e. The van der Waals surface area contributed by atoms with Gasteiger partial charge in [-0.15, -0.1) is 0 Å². The third kappa shape index (κ3) is 2.99. The lowest BCUT2D eigenvalue weighted by Gasteiger charge is -2.15. The number of hydrogen-bond acceptors (Lipinski definition) is 2. The fraction of sp³-hybridized carbons (Fsp3) is 0.333. The molecule has 0 saturated heterocycles. The van der Waals surface area contributed by atoms with Crippen molar-refractivity contribution in [1.82, 2.24) is 0 Å². The average molecular weight is 347 g/mol. The van der Waals surface area contributed by atoms with Crippen molar-refractivity contribution >= 4 is 15.9 Å². The SMILES string of the molecule is CCOc1ccc(C(O)c2ccc3c(c2)CCC3)c(Br)c1. The summed E-state index contributed by atoms with van der Waals surface area (Å²) in [5.41, 5.74) is 4.64. The third-order valence-electron chi connectivity index (χ3n) is 4.02. The van der Waals surface area contributed by atoms with Crippen LogP contribution in [-0.2, 0) is 12.8 Å². The first-order chi connectivity index (χ1) is 10.2. The van der Waals surface area contributed by atoms with Gasteiger partial charge in [0.25, 0.3) is 0 Å². The first-order valence-electron chi connectivity index (χ1n) is 7.41. The van der Waals surface area contributed by atoms with Gasteiger partial charge in [-0.2, -0.15) is 0 Å². The first-order valence-corrected chi connectivity index (χ1v) is 8.20. The molecule has 3 heteroatoms. The van der Waals surface area contributed by atoms with Gasteiger partial charge in [-0.05, 0) is 60.6 Å². The highest BCUT2D eigenvalue weighted by Crippen LogP contribution is 2.33. The van der Waals surface area contributed by atoms with Crippen LogP contribution in [0.15, 0.2) is 40.9 Å². The molecule has 2 nitrogen and oxygen atoms in total. The molecule has 0 radical (unpaired) electrons. The fourth-order valence-corrected chi connectivity index (χ4v) is 3.50. The number of benzene rings is 2. The number of ether oxygens (including phenoxy) is 1. The van der Waals surface area contributed by atoms with E-state index in [1.54, 1.807) is 0 Å². The maximum absolute atomic E-state index is 10.7. The van der Waals surface area contributed by atoms with Crippen LogP contribution < -0.4 is 4.74 Å². The molecule has 2 aromatic rings. The van der Waals surface area contributed by atoms with Gasteiger partial charge in [0.15, 0.2) is 0 Å². The van der Waals surface area contributed by atoms with Gasteiger partial charge in [-0.3, -0.25) is 0 Å². The second-order valence-electron chi connectivity index (χ2n) is 5.40. The van der Waals surface area contributed by atoms with Crippen molar-refractivity contribution in [3.8, 4) is 5.75 Å². The third-order valence-corrected chi connectivity index (χ3v) is 4.70. The molecular formula is C18H19BrO2. The summed E-state index contributed by atoms with van der Waals surface area (Å²) in [4.78, 5) is 0. The molecule has 2 aromatic carbocycles. The normalized spacial score (nSPS) is 14.8. The Bertz CT molecular complexity index is 652. The van der Waals surface area contributed by atoms with Crippen LogP contribution in [0.2, 0.25) is 0 Å². The molecule has 0 saturated carbocycles. The van der Waals surface area contributed by atoms with Crippen molar-refractivity contribution in [3.05, 3.63) is 63.1 Å². The van der Waals surface area contributed by atoms with E-state index in [9.17, 15) is 5.11 Å². The van der Waals surface area contributed by atoms with E-state index >= 15 is 0 Å². The molecule has 1 unspecified atom stereocenters. The molecule has 1 aliphatic carbocycles. The highest BCUT2D eigenvalue weighted by molar-refractivity contribution is 9.10. The van der Waals surface area contributed by atoms with Gasteiger partial charge < -0.3 is 9.84 Å². The Labute approximate surface area is 133 Å². The van der Waals surface area contributed by atoms with Crippen LogP contribution in [0.5, 0.6) is 5.75 Å². The van der Waals surface area contributed by atoms with Crippen LogP contribution in [0.25, 0.3) is 0 Å². The number of rotatable bonds is 4. The van der Waals surface area contributed by atoms with Crippen molar-refractivity contribution < 1.29 is 9.84 Å². The minimum absolute atomic E-state index is 0.610. The molecule has 110 valence electrons. The first kappa shape index (κ1) is 14.6. The Morgan fingerprint density at radius 3 is 2.71 bits per heavy atom. The van der Waals surface area contributed by atoms with E-state index in [0.717, 1.165) is 27.8 Å². The number of halogens is 1. The summed E-state index contributed by atoms with van der Waals surface area (Å²) in [5, 5.41) is 10.7. The minimum Gasteiger partial charge on any atom is -0.494 e. The number of aliphatic hydroxyl groups is 1. The number of hydrogen-bond donors (Lipinski definition) is 1. The van der Waals surface area contributed by atoms with E-state index in [1.807, 2.05) is 31.2 Å². The Morgan fingerprint density at radius 2 is 1.95 bits per heavy atom. The van der Waals surface area contributed by atoms with Crippen molar-refractivity contribution in [2.75, 3.05) is 6.61 Å². The topological polar surface area (TPSA) is 29.5 Å². The molecule has 0 heterocycles. The molecule has 21 heavy (non-hydrogen) atoms. The summed E-state index contributed by atoms with van der Waals surface area (Å²) in [5.74, 6) is 0.814. The zero-order valence-corrected chi connectivity index (χ0v) is 13.7. The van der Waals surface area contributed by atoms with Crippen LogP contribution in [0, 0.1) is 0 Å². The maximum Gasteiger partial charge on any atom is 0.120 e. The lowest BCUT2D eigenvalue weighted by atomic mass is 9.98. The van der Waals surface area contributed by atoms with Crippen LogP contribution in [-0.4, -0.2) is 11.7 Å². The summed E-state index contributed by atoms with van der Waals surface area (Å²) in [7, 11) is 0. The second kappa shape index (κ2) is 6.20. The van der Waals surface area contributed by atoms with Gasteiger partial charge in [-0.25, -0.2) is 0 Å². The lowest BCUT2D eigenvalue weighted by Crippen LogP contribution is -2.02. The molecule has 0 bridgehead atoms. The van der Waals surface area contributed by atoms with Gasteiger partial charge in [0, 0.05) is 4.47 Å². The summed E-state index contributed by atoms with van der Waals surface area (Å²) >= 11 is 3.54. The zero-order chi connectivity index (χ0) is 14.8. The van der Waals surface area contributed by atoms with E-state index in [0.29, 0.717) is 6.61 Å². The van der Waals surface area contributed by atoms with Crippen LogP contribution >= 0.6 is 15.9 Å². The summed E-state index contributed by atoms with van der Waals surface area (Å²) < 4.78 is 6.35. The van der Waals surface area contributed by atoms with Gasteiger partial charge in [0.05, 0.1) is 6.61 Å². The molecule has 1 aliphatic rings. The number of aryl methyl sites for hydroxylation is 2. The molecule has 0 fully saturated rings. The van der Waals surface area contributed by atoms with Gasteiger partial charge in [0.1, 0.15) is 11.9 Å². The summed E-state index contributed by atoms with van der Waals surface area (Å²) in [6.07, 6.45) is 2.90. The largest absolute Gasteiger partial charge is 0.494 e. The molecule has 1 atom stereocenters. The molecule has 3 rings (SSSR count). The molecule has 0 aliphatic heterocycles. The van der Waals surface area contributed by atoms with Crippen molar-refractivity contribution in [3.63, 3.8) is 0 Å². The van der Waals surface area contributed by atoms with Gasteiger partial charge in [0.2, 0.25) is 0 Å². The predicted molar refractivity (Wildman–Crippen MR) is 87.8 cm³/mol. The Hall–Kier alpha value is -1.32. The molecule has 0 aromatic heterocycles. The van der Waals surface area contributed by atoms with Crippen LogP contribution in [0.4, 0.5) is 0 Å². The highest BCUT2D eigenvalue weighted by atomic mass is 79.9. The lowest BCUT2D eigenvalue weighted by molar-refractivity contribution is 0.219. The molecule has 0 amide bonds. The summed E-state index contributed by atoms with van der Waals surface area (Å²) in [6, 6.07) is 12.1. The van der Waals surface area contributed by atoms with Gasteiger partial charge >= 0.3 is 0 Å². The van der Waals surface area contributed by atoms with E-state index in [-0.39, 0.29) is 0 Å². The second-order valence-corrected chi connectivity index (χ2v) is 6.25. The predicted octanol–water partition coefficient (Wildman–Crippen LogP) is 4.42. The fourth-order valence-electron chi connectivity index (χ4n) is 2.93. The van der Waals surface area contributed by atoms with Crippen molar-refractivity contribution in [2.24, 2.45) is 0 Å². The Morgan fingerprint density at radius 1 is 1.14 bits per heavy atom. The summed E-state index contributed by atoms with van der Waals surface area (Å²) in [6.45, 7) is 2.60. The average Bonchev–Trinajstić information content (AvgIpc) is 2.94. The molecule has 0 spiro atoms. The molecular weight excluding hydrogens is 328 g/mol. The Kier molecular flexibility index (Phi) is 4.32. The highest BCUT2D eigenvalue weighted by Gasteiger charge is 2.17. The Balaban J connectivity index is 1.89. The standard InChI is InChI=1S/C18H19BrO2/c1-2-21-15-8-9-16(17(19)11-15)18(20)14-7-6-12-4-3-5-13(12)10-14/h6-11,18,20H,2-5H2,1H3. The number of fused-ring (bicyclic) bond motifs is 1. The molecule has 1 N–H and O–H groups in total. The van der Waals surface area contributed by atoms with Crippen LogP contribution in [0.1, 0.15) is 41.7 Å².